The van der Waals surface area contributed by atoms with E-state index in [9.17, 15) is 4.79 Å². The lowest BCUT2D eigenvalue weighted by atomic mass is 9.77. The summed E-state index contributed by atoms with van der Waals surface area (Å²) in [5.74, 6) is 2.03. The predicted octanol–water partition coefficient (Wildman–Crippen LogP) is 3.03. The van der Waals surface area contributed by atoms with E-state index in [0.29, 0.717) is 18.1 Å². The fraction of sp³-hybridized carbons (Fsp3) is 0.588. The van der Waals surface area contributed by atoms with Gasteiger partial charge in [-0.2, -0.15) is 0 Å². The van der Waals surface area contributed by atoms with E-state index in [0.717, 1.165) is 36.9 Å². The number of ketones is 1. The zero-order valence-electron chi connectivity index (χ0n) is 12.5. The Morgan fingerprint density at radius 3 is 2.40 bits per heavy atom. The van der Waals surface area contributed by atoms with Gasteiger partial charge in [-0.3, -0.25) is 4.79 Å². The normalized spacial score (nSPS) is 24.1. The van der Waals surface area contributed by atoms with Crippen LogP contribution in [0.25, 0.3) is 0 Å². The maximum absolute atomic E-state index is 11.8. The number of rotatable bonds is 5. The topological polar surface area (TPSA) is 26.3 Å². The average Bonchev–Trinajstić information content (AvgIpc) is 2.49. The molecule has 0 saturated heterocycles. The highest BCUT2D eigenvalue weighted by Crippen LogP contribution is 2.32. The molecule has 2 radical (unpaired) electrons. The maximum atomic E-state index is 11.8. The second kappa shape index (κ2) is 6.96. The SMILES string of the molecule is [B]c1ccc(OC2CCC(C(C)C(=O)CC)CC2)cc1. The summed E-state index contributed by atoms with van der Waals surface area (Å²) in [6.07, 6.45) is 5.19. The zero-order chi connectivity index (χ0) is 14.5. The molecule has 1 saturated carbocycles. The van der Waals surface area contributed by atoms with Crippen molar-refractivity contribution in [1.82, 2.24) is 0 Å². The highest BCUT2D eigenvalue weighted by molar-refractivity contribution is 6.32. The molecular weight excluding hydrogens is 247 g/mol. The third-order valence-corrected chi connectivity index (χ3v) is 4.47. The van der Waals surface area contributed by atoms with Crippen molar-refractivity contribution in [3.05, 3.63) is 24.3 Å². The van der Waals surface area contributed by atoms with Crippen molar-refractivity contribution in [3.63, 3.8) is 0 Å². The van der Waals surface area contributed by atoms with Crippen LogP contribution < -0.4 is 10.2 Å². The molecule has 0 spiro atoms. The van der Waals surface area contributed by atoms with Crippen LogP contribution in [0.3, 0.4) is 0 Å². The fourth-order valence-corrected chi connectivity index (χ4v) is 3.03. The molecule has 1 aromatic carbocycles. The molecule has 0 aliphatic heterocycles. The molecular formula is C17H23BO2. The first-order valence-electron chi connectivity index (χ1n) is 7.65. The highest BCUT2D eigenvalue weighted by atomic mass is 16.5. The van der Waals surface area contributed by atoms with Crippen LogP contribution in [0, 0.1) is 11.8 Å². The number of carbonyl (C=O) groups excluding carboxylic acids is 1. The van der Waals surface area contributed by atoms with Crippen LogP contribution in [0.1, 0.15) is 46.0 Å². The van der Waals surface area contributed by atoms with Crippen molar-refractivity contribution in [2.75, 3.05) is 0 Å². The third kappa shape index (κ3) is 3.88. The van der Waals surface area contributed by atoms with Crippen molar-refractivity contribution < 1.29 is 9.53 Å². The van der Waals surface area contributed by atoms with Gasteiger partial charge in [-0.05, 0) is 43.7 Å². The number of carbonyl (C=O) groups is 1. The molecule has 1 aliphatic carbocycles. The van der Waals surface area contributed by atoms with E-state index >= 15 is 0 Å². The Hall–Kier alpha value is -1.25. The second-order valence-electron chi connectivity index (χ2n) is 5.83. The molecule has 1 aromatic rings. The third-order valence-electron chi connectivity index (χ3n) is 4.47. The van der Waals surface area contributed by atoms with E-state index in [1.807, 2.05) is 31.2 Å². The highest BCUT2D eigenvalue weighted by Gasteiger charge is 2.28. The molecule has 0 amide bonds. The minimum atomic E-state index is 0.206. The Balaban J connectivity index is 1.82. The summed E-state index contributed by atoms with van der Waals surface area (Å²) < 4.78 is 5.98. The molecule has 2 nitrogen and oxygen atoms in total. The largest absolute Gasteiger partial charge is 0.490 e. The average molecular weight is 270 g/mol. The van der Waals surface area contributed by atoms with Crippen molar-refractivity contribution in [3.8, 4) is 5.75 Å². The first kappa shape index (κ1) is 15.1. The monoisotopic (exact) mass is 270 g/mol. The van der Waals surface area contributed by atoms with Crippen LogP contribution in [0.15, 0.2) is 24.3 Å². The first-order valence-corrected chi connectivity index (χ1v) is 7.65. The van der Waals surface area contributed by atoms with E-state index in [1.165, 1.54) is 0 Å². The lowest BCUT2D eigenvalue weighted by Crippen LogP contribution is -2.29. The molecule has 0 bridgehead atoms. The number of benzene rings is 1. The molecule has 0 heterocycles. The van der Waals surface area contributed by atoms with E-state index in [2.05, 4.69) is 6.92 Å². The summed E-state index contributed by atoms with van der Waals surface area (Å²) in [5, 5.41) is 0. The maximum Gasteiger partial charge on any atom is 0.135 e. The van der Waals surface area contributed by atoms with E-state index in [1.54, 1.807) is 0 Å². The van der Waals surface area contributed by atoms with Gasteiger partial charge in [0, 0.05) is 12.3 Å². The van der Waals surface area contributed by atoms with Gasteiger partial charge in [-0.1, -0.05) is 31.4 Å². The van der Waals surface area contributed by atoms with Crippen LogP contribution in [-0.4, -0.2) is 19.7 Å². The molecule has 106 valence electrons. The van der Waals surface area contributed by atoms with Crippen LogP contribution in [0.5, 0.6) is 5.75 Å². The van der Waals surface area contributed by atoms with Crippen LogP contribution in [0.4, 0.5) is 0 Å². The van der Waals surface area contributed by atoms with E-state index in [4.69, 9.17) is 12.6 Å². The molecule has 0 aromatic heterocycles. The zero-order valence-corrected chi connectivity index (χ0v) is 12.5. The van der Waals surface area contributed by atoms with Crippen LogP contribution >= 0.6 is 0 Å². The quantitative estimate of drug-likeness (QED) is 0.769. The number of hydrogen-bond donors (Lipinski definition) is 0. The minimum Gasteiger partial charge on any atom is -0.490 e. The van der Waals surface area contributed by atoms with Gasteiger partial charge in [0.15, 0.2) is 0 Å². The number of Topliss-reactive ketones (excluding diaryl/α,β-unsaturated/α-hetero) is 1. The Bertz CT molecular complexity index is 433. The molecule has 20 heavy (non-hydrogen) atoms. The van der Waals surface area contributed by atoms with Crippen LogP contribution in [0.2, 0.25) is 0 Å². The van der Waals surface area contributed by atoms with Gasteiger partial charge in [0.2, 0.25) is 0 Å². The van der Waals surface area contributed by atoms with Crippen LogP contribution in [-0.2, 0) is 4.79 Å². The smallest absolute Gasteiger partial charge is 0.135 e. The van der Waals surface area contributed by atoms with Gasteiger partial charge in [0.25, 0.3) is 0 Å². The molecule has 1 aliphatic rings. The van der Waals surface area contributed by atoms with Crippen molar-refractivity contribution in [1.29, 1.82) is 0 Å². The molecule has 0 N–H and O–H groups in total. The molecule has 1 fully saturated rings. The lowest BCUT2D eigenvalue weighted by molar-refractivity contribution is -0.124. The van der Waals surface area contributed by atoms with Crippen molar-refractivity contribution >= 4 is 19.1 Å². The second-order valence-corrected chi connectivity index (χ2v) is 5.83. The van der Waals surface area contributed by atoms with Gasteiger partial charge in [-0.25, -0.2) is 0 Å². The summed E-state index contributed by atoms with van der Waals surface area (Å²) in [6, 6.07) is 7.57. The number of ether oxygens (including phenoxy) is 1. The van der Waals surface area contributed by atoms with E-state index < -0.39 is 0 Å². The summed E-state index contributed by atoms with van der Waals surface area (Å²) >= 11 is 0. The van der Waals surface area contributed by atoms with Gasteiger partial charge in [0.1, 0.15) is 19.4 Å². The molecule has 1 unspecified atom stereocenters. The van der Waals surface area contributed by atoms with E-state index in [-0.39, 0.29) is 12.0 Å². The van der Waals surface area contributed by atoms with Crippen molar-refractivity contribution in [2.24, 2.45) is 11.8 Å². The standard InChI is InChI=1S/C17H23BO2/c1-3-17(19)12(2)13-4-8-15(9-5-13)20-16-10-6-14(18)7-11-16/h6-7,10-13,15H,3-5,8-9H2,1-2H3. The van der Waals surface area contributed by atoms with Gasteiger partial charge < -0.3 is 4.74 Å². The Morgan fingerprint density at radius 1 is 1.25 bits per heavy atom. The molecule has 2 rings (SSSR count). The molecule has 3 heteroatoms. The van der Waals surface area contributed by atoms with Gasteiger partial charge in [0.05, 0.1) is 6.10 Å². The minimum absolute atomic E-state index is 0.206. The lowest BCUT2D eigenvalue weighted by Gasteiger charge is -2.31. The van der Waals surface area contributed by atoms with Crippen molar-refractivity contribution in [2.45, 2.75) is 52.1 Å². The summed E-state index contributed by atoms with van der Waals surface area (Å²) in [5.41, 5.74) is 0.757. The Morgan fingerprint density at radius 2 is 1.85 bits per heavy atom. The molecule has 1 atom stereocenters. The van der Waals surface area contributed by atoms with Gasteiger partial charge in [-0.15, -0.1) is 0 Å². The summed E-state index contributed by atoms with van der Waals surface area (Å²) in [7, 11) is 5.67. The number of hydrogen-bond acceptors (Lipinski definition) is 2. The Kier molecular flexibility index (Phi) is 5.27. The summed E-state index contributed by atoms with van der Waals surface area (Å²) in [4.78, 5) is 11.8. The van der Waals surface area contributed by atoms with Gasteiger partial charge >= 0.3 is 0 Å². The summed E-state index contributed by atoms with van der Waals surface area (Å²) in [6.45, 7) is 4.03. The predicted molar refractivity (Wildman–Crippen MR) is 82.7 cm³/mol. The fourth-order valence-electron chi connectivity index (χ4n) is 3.03. The first-order chi connectivity index (χ1) is 9.60. The Labute approximate surface area is 123 Å².